The Balaban J connectivity index is 1.61. The predicted octanol–water partition coefficient (Wildman–Crippen LogP) is 3.46. The van der Waals surface area contributed by atoms with Gasteiger partial charge in [0.05, 0.1) is 5.69 Å². The molecule has 1 aromatic rings. The van der Waals surface area contributed by atoms with E-state index in [1.807, 2.05) is 0 Å². The normalized spacial score (nSPS) is 29.0. The van der Waals surface area contributed by atoms with Gasteiger partial charge in [0.25, 0.3) is 0 Å². The number of nitrogens with zero attached hydrogens (tertiary/aromatic N) is 2. The highest BCUT2D eigenvalue weighted by atomic mass is 16.5. The van der Waals surface area contributed by atoms with Crippen LogP contribution in [0.15, 0.2) is 6.20 Å². The summed E-state index contributed by atoms with van der Waals surface area (Å²) in [6.45, 7) is 6.19. The molecule has 0 radical (unpaired) electrons. The van der Waals surface area contributed by atoms with E-state index in [1.54, 1.807) is 7.11 Å². The zero-order valence-corrected chi connectivity index (χ0v) is 13.6. The lowest BCUT2D eigenvalue weighted by atomic mass is 9.84. The van der Waals surface area contributed by atoms with Crippen molar-refractivity contribution < 1.29 is 4.74 Å². The second-order valence-electron chi connectivity index (χ2n) is 7.02. The molecule has 1 heterocycles. The maximum Gasteiger partial charge on any atom is 0.203 e. The average molecular weight is 291 g/mol. The molecule has 2 aliphatic rings. The van der Waals surface area contributed by atoms with E-state index in [1.165, 1.54) is 25.7 Å². The van der Waals surface area contributed by atoms with E-state index in [0.29, 0.717) is 6.04 Å². The number of ether oxygens (including phenoxy) is 1. The van der Waals surface area contributed by atoms with Crippen LogP contribution in [0, 0.1) is 24.7 Å². The highest BCUT2D eigenvalue weighted by Gasteiger charge is 2.41. The van der Waals surface area contributed by atoms with Crippen molar-refractivity contribution in [1.29, 1.82) is 0 Å². The van der Waals surface area contributed by atoms with Crippen molar-refractivity contribution in [3.8, 4) is 0 Å². The lowest BCUT2D eigenvalue weighted by Crippen LogP contribution is -2.31. The molecule has 4 atom stereocenters. The summed E-state index contributed by atoms with van der Waals surface area (Å²) < 4.78 is 7.40. The quantitative estimate of drug-likeness (QED) is 0.782. The van der Waals surface area contributed by atoms with E-state index in [4.69, 9.17) is 4.74 Å². The van der Waals surface area contributed by atoms with Crippen molar-refractivity contribution in [3.63, 3.8) is 0 Å². The Morgan fingerprint density at radius 2 is 2.29 bits per heavy atom. The fourth-order valence-corrected chi connectivity index (χ4v) is 4.43. The van der Waals surface area contributed by atoms with Crippen molar-refractivity contribution >= 4 is 5.95 Å². The van der Waals surface area contributed by atoms with Gasteiger partial charge in [0.2, 0.25) is 5.95 Å². The first-order valence-electron chi connectivity index (χ1n) is 8.46. The third kappa shape index (κ3) is 3.25. The number of rotatable bonds is 7. The van der Waals surface area contributed by atoms with Gasteiger partial charge in [-0.05, 0) is 57.3 Å². The van der Waals surface area contributed by atoms with Crippen LogP contribution in [0.3, 0.4) is 0 Å². The Labute approximate surface area is 128 Å². The van der Waals surface area contributed by atoms with Crippen molar-refractivity contribution in [2.75, 3.05) is 19.0 Å². The molecule has 2 fully saturated rings. The van der Waals surface area contributed by atoms with Crippen LogP contribution in [0.2, 0.25) is 0 Å². The van der Waals surface area contributed by atoms with Crippen LogP contribution in [-0.4, -0.2) is 29.3 Å². The number of imidazole rings is 1. The van der Waals surface area contributed by atoms with E-state index >= 15 is 0 Å². The largest absolute Gasteiger partial charge is 0.385 e. The number of anilines is 1. The van der Waals surface area contributed by atoms with E-state index in [-0.39, 0.29) is 0 Å². The van der Waals surface area contributed by atoms with E-state index in [2.05, 4.69) is 34.9 Å². The molecule has 0 spiro atoms. The summed E-state index contributed by atoms with van der Waals surface area (Å²) in [7, 11) is 1.76. The molecule has 0 aliphatic heterocycles. The predicted molar refractivity (Wildman–Crippen MR) is 85.5 cm³/mol. The summed E-state index contributed by atoms with van der Waals surface area (Å²) in [5.74, 6) is 3.84. The molecule has 2 saturated carbocycles. The van der Waals surface area contributed by atoms with Crippen LogP contribution in [-0.2, 0) is 11.3 Å². The molecule has 21 heavy (non-hydrogen) atoms. The van der Waals surface area contributed by atoms with Crippen molar-refractivity contribution in [2.45, 2.75) is 58.5 Å². The van der Waals surface area contributed by atoms with Crippen LogP contribution < -0.4 is 5.32 Å². The van der Waals surface area contributed by atoms with Crippen LogP contribution >= 0.6 is 0 Å². The van der Waals surface area contributed by atoms with Crippen molar-refractivity contribution in [1.82, 2.24) is 9.55 Å². The molecule has 4 unspecified atom stereocenters. The lowest BCUT2D eigenvalue weighted by molar-refractivity contribution is 0.190. The molecule has 2 aliphatic carbocycles. The molecule has 4 nitrogen and oxygen atoms in total. The molecule has 4 heteroatoms. The van der Waals surface area contributed by atoms with Gasteiger partial charge in [0, 0.05) is 32.5 Å². The summed E-state index contributed by atoms with van der Waals surface area (Å²) in [5.41, 5.74) is 1.09. The maximum absolute atomic E-state index is 5.15. The Morgan fingerprint density at radius 3 is 2.95 bits per heavy atom. The second kappa shape index (κ2) is 6.39. The highest BCUT2D eigenvalue weighted by molar-refractivity contribution is 5.30. The number of methoxy groups -OCH3 is 1. The van der Waals surface area contributed by atoms with Crippen LogP contribution in [0.1, 0.15) is 44.7 Å². The molecule has 0 saturated heterocycles. The fourth-order valence-electron chi connectivity index (χ4n) is 4.43. The topological polar surface area (TPSA) is 39.1 Å². The average Bonchev–Trinajstić information content (AvgIpc) is 3.15. The zero-order valence-electron chi connectivity index (χ0n) is 13.6. The third-order valence-corrected chi connectivity index (χ3v) is 5.44. The van der Waals surface area contributed by atoms with Crippen molar-refractivity contribution in [3.05, 3.63) is 11.9 Å². The van der Waals surface area contributed by atoms with Crippen LogP contribution in [0.5, 0.6) is 0 Å². The Bertz CT molecular complexity index is 471. The summed E-state index contributed by atoms with van der Waals surface area (Å²) in [6.07, 6.45) is 8.98. The number of aromatic nitrogens is 2. The minimum Gasteiger partial charge on any atom is -0.385 e. The van der Waals surface area contributed by atoms with Gasteiger partial charge in [-0.3, -0.25) is 0 Å². The number of hydrogen-bond donors (Lipinski definition) is 1. The summed E-state index contributed by atoms with van der Waals surface area (Å²) >= 11 is 0. The molecular formula is C17H29N3O. The zero-order chi connectivity index (χ0) is 14.8. The first kappa shape index (κ1) is 14.9. The number of aryl methyl sites for hydroxylation is 2. The van der Waals surface area contributed by atoms with E-state index < -0.39 is 0 Å². The van der Waals surface area contributed by atoms with Crippen molar-refractivity contribution in [2.24, 2.45) is 17.8 Å². The molecular weight excluding hydrogens is 262 g/mol. The van der Waals surface area contributed by atoms with E-state index in [0.717, 1.165) is 49.0 Å². The van der Waals surface area contributed by atoms with Crippen LogP contribution in [0.4, 0.5) is 5.95 Å². The fraction of sp³-hybridized carbons (Fsp3) is 0.824. The Hall–Kier alpha value is -1.03. The molecule has 1 aromatic heterocycles. The van der Waals surface area contributed by atoms with Gasteiger partial charge in [0.15, 0.2) is 0 Å². The third-order valence-electron chi connectivity index (χ3n) is 5.44. The number of fused-ring (bicyclic) bond motifs is 2. The highest BCUT2D eigenvalue weighted by Crippen LogP contribution is 2.49. The Morgan fingerprint density at radius 1 is 1.43 bits per heavy atom. The van der Waals surface area contributed by atoms with E-state index in [9.17, 15) is 0 Å². The monoisotopic (exact) mass is 291 g/mol. The summed E-state index contributed by atoms with van der Waals surface area (Å²) in [5, 5.41) is 3.70. The molecule has 0 aromatic carbocycles. The van der Waals surface area contributed by atoms with Gasteiger partial charge < -0.3 is 14.6 Å². The molecule has 3 rings (SSSR count). The first-order valence-corrected chi connectivity index (χ1v) is 8.46. The van der Waals surface area contributed by atoms with Gasteiger partial charge in [-0.25, -0.2) is 4.98 Å². The maximum atomic E-state index is 5.15. The summed E-state index contributed by atoms with van der Waals surface area (Å²) in [6, 6.07) is 0.531. The van der Waals surface area contributed by atoms with Gasteiger partial charge in [-0.2, -0.15) is 0 Å². The number of nitrogens with one attached hydrogen (secondary N) is 1. The van der Waals surface area contributed by atoms with Gasteiger partial charge >= 0.3 is 0 Å². The van der Waals surface area contributed by atoms with Gasteiger partial charge in [0.1, 0.15) is 0 Å². The van der Waals surface area contributed by atoms with Gasteiger partial charge in [-0.15, -0.1) is 0 Å². The molecule has 1 N–H and O–H groups in total. The smallest absolute Gasteiger partial charge is 0.203 e. The Kier molecular flexibility index (Phi) is 4.53. The minimum absolute atomic E-state index is 0.531. The SMILES string of the molecule is COCCCn1cc(C)nc1NC(C)C1CC2CCC1C2. The number of hydrogen-bond acceptors (Lipinski definition) is 3. The molecule has 0 amide bonds. The minimum atomic E-state index is 0.531. The molecule has 118 valence electrons. The standard InChI is InChI=1S/C17H29N3O/c1-12-11-20(7-4-8-21-3)17(18-12)19-13(2)16-10-14-5-6-15(16)9-14/h11,13-16H,4-10H2,1-3H3,(H,18,19). The second-order valence-corrected chi connectivity index (χ2v) is 7.02. The molecule has 2 bridgehead atoms. The van der Waals surface area contributed by atoms with Crippen LogP contribution in [0.25, 0.3) is 0 Å². The first-order chi connectivity index (χ1) is 10.2. The van der Waals surface area contributed by atoms with Gasteiger partial charge in [-0.1, -0.05) is 6.42 Å². The summed E-state index contributed by atoms with van der Waals surface area (Å²) in [4.78, 5) is 4.67. The lowest BCUT2D eigenvalue weighted by Gasteiger charge is -2.29.